The van der Waals surface area contributed by atoms with Gasteiger partial charge in [0.1, 0.15) is 11.6 Å². The van der Waals surface area contributed by atoms with Crippen molar-refractivity contribution >= 4 is 5.83 Å². The van der Waals surface area contributed by atoms with E-state index in [0.29, 0.717) is 0 Å². The normalized spacial score (nSPS) is 19.1. The Morgan fingerprint density at radius 3 is 1.76 bits per heavy atom. The third-order valence-corrected chi connectivity index (χ3v) is 6.67. The molecule has 0 N–H and O–H groups in total. The summed E-state index contributed by atoms with van der Waals surface area (Å²) in [4.78, 5) is 0. The van der Waals surface area contributed by atoms with Crippen LogP contribution < -0.4 is 0 Å². The molecular weight excluding hydrogens is 450 g/mol. The molecule has 0 atom stereocenters. The lowest BCUT2D eigenvalue weighted by molar-refractivity contribution is 0.395. The van der Waals surface area contributed by atoms with Gasteiger partial charge in [0.2, 0.25) is 0 Å². The van der Waals surface area contributed by atoms with Crippen LogP contribution in [-0.2, 0) is 0 Å². The van der Waals surface area contributed by atoms with Gasteiger partial charge < -0.3 is 0 Å². The van der Waals surface area contributed by atoms with Crippen LogP contribution in [0.2, 0.25) is 0 Å². The molecule has 4 rings (SSSR count). The molecule has 0 aromatic heterocycles. The molecule has 6 heteroatoms. The molecular formula is C28H24F6. The maximum Gasteiger partial charge on any atom is 0.194 e. The predicted octanol–water partition coefficient (Wildman–Crippen LogP) is 9.37. The highest BCUT2D eigenvalue weighted by Gasteiger charge is 2.25. The topological polar surface area (TPSA) is 0 Å². The molecule has 3 aromatic rings. The van der Waals surface area contributed by atoms with Crippen molar-refractivity contribution < 1.29 is 26.3 Å². The van der Waals surface area contributed by atoms with Gasteiger partial charge in [-0.3, -0.25) is 0 Å². The van der Waals surface area contributed by atoms with Gasteiger partial charge >= 0.3 is 0 Å². The molecule has 0 bridgehead atoms. The highest BCUT2D eigenvalue weighted by Crippen LogP contribution is 2.41. The minimum absolute atomic E-state index is 0.0103. The summed E-state index contributed by atoms with van der Waals surface area (Å²) in [5.41, 5.74) is 2.05. The summed E-state index contributed by atoms with van der Waals surface area (Å²) >= 11 is 0. The SMILES string of the molecule is CC/C(F)=C(\F)c1ccc(C2CCC(c3ccc(-c4cc(F)c(F)c(F)c4)c(F)c3)CC2)cc1. The Morgan fingerprint density at radius 2 is 1.24 bits per heavy atom. The Hall–Kier alpha value is -3.02. The van der Waals surface area contributed by atoms with Gasteiger partial charge in [-0.25, -0.2) is 26.3 Å². The van der Waals surface area contributed by atoms with E-state index in [-0.39, 0.29) is 34.9 Å². The van der Waals surface area contributed by atoms with Crippen molar-refractivity contribution in [3.63, 3.8) is 0 Å². The minimum Gasteiger partial charge on any atom is -0.209 e. The maximum absolute atomic E-state index is 14.8. The molecule has 0 heterocycles. The van der Waals surface area contributed by atoms with Gasteiger partial charge in [-0.1, -0.05) is 43.3 Å². The van der Waals surface area contributed by atoms with Crippen LogP contribution in [-0.4, -0.2) is 0 Å². The van der Waals surface area contributed by atoms with Gasteiger partial charge in [-0.2, -0.15) is 0 Å². The van der Waals surface area contributed by atoms with Crippen LogP contribution in [0.1, 0.15) is 67.6 Å². The van der Waals surface area contributed by atoms with E-state index >= 15 is 0 Å². The number of halogens is 6. The summed E-state index contributed by atoms with van der Waals surface area (Å²) in [6.07, 6.45) is 3.39. The predicted molar refractivity (Wildman–Crippen MR) is 122 cm³/mol. The standard InChI is InChI=1S/C28H24F6/c1-2-23(29)27(33)19-9-7-17(8-10-19)16-3-5-18(6-4-16)20-11-12-22(24(30)13-20)21-14-25(31)28(34)26(32)15-21/h7-16,18H,2-6H2,1H3/b27-23+. The Labute approximate surface area is 194 Å². The molecule has 1 fully saturated rings. The summed E-state index contributed by atoms with van der Waals surface area (Å²) in [7, 11) is 0. The molecule has 1 aliphatic carbocycles. The fourth-order valence-corrected chi connectivity index (χ4v) is 4.70. The van der Waals surface area contributed by atoms with E-state index in [1.807, 2.05) is 12.1 Å². The van der Waals surface area contributed by atoms with Crippen LogP contribution in [0.25, 0.3) is 17.0 Å². The number of hydrogen-bond acceptors (Lipinski definition) is 0. The van der Waals surface area contributed by atoms with Crippen molar-refractivity contribution in [2.75, 3.05) is 0 Å². The molecule has 1 saturated carbocycles. The molecule has 0 saturated heterocycles. The number of rotatable bonds is 5. The van der Waals surface area contributed by atoms with E-state index in [9.17, 15) is 26.3 Å². The second-order valence-corrected chi connectivity index (χ2v) is 8.74. The molecule has 0 radical (unpaired) electrons. The highest BCUT2D eigenvalue weighted by atomic mass is 19.2. The molecule has 3 aromatic carbocycles. The second-order valence-electron chi connectivity index (χ2n) is 8.74. The molecule has 0 aliphatic heterocycles. The summed E-state index contributed by atoms with van der Waals surface area (Å²) in [6.45, 7) is 1.56. The number of allylic oxidation sites excluding steroid dienone is 1. The molecule has 0 nitrogen and oxygen atoms in total. The number of benzene rings is 3. The molecule has 0 amide bonds. The first kappa shape index (κ1) is 24.1. The van der Waals surface area contributed by atoms with E-state index in [1.54, 1.807) is 25.1 Å². The number of hydrogen-bond donors (Lipinski definition) is 0. The fraction of sp³-hybridized carbons (Fsp3) is 0.286. The van der Waals surface area contributed by atoms with Crippen LogP contribution in [0.15, 0.2) is 60.4 Å². The van der Waals surface area contributed by atoms with Crippen molar-refractivity contribution in [2.45, 2.75) is 50.9 Å². The van der Waals surface area contributed by atoms with Crippen molar-refractivity contribution in [2.24, 2.45) is 0 Å². The Kier molecular flexibility index (Phi) is 7.15. The van der Waals surface area contributed by atoms with E-state index < -0.39 is 34.9 Å². The summed E-state index contributed by atoms with van der Waals surface area (Å²) in [6, 6.07) is 13.0. The van der Waals surface area contributed by atoms with Crippen molar-refractivity contribution in [3.05, 3.63) is 100 Å². The van der Waals surface area contributed by atoms with Gasteiger partial charge in [0.05, 0.1) is 0 Å². The molecule has 0 unspecified atom stereocenters. The average Bonchev–Trinajstić information content (AvgIpc) is 2.86. The average molecular weight is 474 g/mol. The highest BCUT2D eigenvalue weighted by molar-refractivity contribution is 5.65. The zero-order chi connectivity index (χ0) is 24.4. The smallest absolute Gasteiger partial charge is 0.194 e. The lowest BCUT2D eigenvalue weighted by Gasteiger charge is -2.29. The summed E-state index contributed by atoms with van der Waals surface area (Å²) in [5, 5.41) is 0. The van der Waals surface area contributed by atoms with E-state index in [1.165, 1.54) is 12.1 Å². The largest absolute Gasteiger partial charge is 0.209 e. The van der Waals surface area contributed by atoms with Crippen LogP contribution in [0.4, 0.5) is 26.3 Å². The Morgan fingerprint density at radius 1 is 0.706 bits per heavy atom. The fourth-order valence-electron chi connectivity index (χ4n) is 4.70. The van der Waals surface area contributed by atoms with Gasteiger partial charge in [-0.05, 0) is 78.8 Å². The van der Waals surface area contributed by atoms with E-state index in [4.69, 9.17) is 0 Å². The van der Waals surface area contributed by atoms with Crippen LogP contribution in [0.3, 0.4) is 0 Å². The van der Waals surface area contributed by atoms with Gasteiger partial charge in [0.15, 0.2) is 23.3 Å². The molecule has 1 aliphatic rings. The second kappa shape index (κ2) is 10.1. The molecule has 178 valence electrons. The summed E-state index contributed by atoms with van der Waals surface area (Å²) < 4.78 is 82.6. The lowest BCUT2D eigenvalue weighted by atomic mass is 9.76. The quantitative estimate of drug-likeness (QED) is 0.255. The zero-order valence-corrected chi connectivity index (χ0v) is 18.7. The van der Waals surface area contributed by atoms with Crippen molar-refractivity contribution in [1.29, 1.82) is 0 Å². The first-order valence-corrected chi connectivity index (χ1v) is 11.4. The first-order chi connectivity index (χ1) is 16.3. The third-order valence-electron chi connectivity index (χ3n) is 6.67. The zero-order valence-electron chi connectivity index (χ0n) is 18.7. The Bertz CT molecular complexity index is 1180. The van der Waals surface area contributed by atoms with Gasteiger partial charge in [0.25, 0.3) is 0 Å². The van der Waals surface area contributed by atoms with Crippen LogP contribution in [0.5, 0.6) is 0 Å². The van der Waals surface area contributed by atoms with Gasteiger partial charge in [0, 0.05) is 11.1 Å². The van der Waals surface area contributed by atoms with Crippen molar-refractivity contribution in [3.8, 4) is 11.1 Å². The maximum atomic E-state index is 14.8. The van der Waals surface area contributed by atoms with Crippen LogP contribution >= 0.6 is 0 Å². The van der Waals surface area contributed by atoms with Gasteiger partial charge in [-0.15, -0.1) is 0 Å². The van der Waals surface area contributed by atoms with Crippen LogP contribution in [0, 0.1) is 23.3 Å². The molecule has 0 spiro atoms. The van der Waals surface area contributed by atoms with Crippen molar-refractivity contribution in [1.82, 2.24) is 0 Å². The Balaban J connectivity index is 1.44. The summed E-state index contributed by atoms with van der Waals surface area (Å²) in [5.74, 6) is -6.09. The molecule has 34 heavy (non-hydrogen) atoms. The first-order valence-electron chi connectivity index (χ1n) is 11.4. The lowest BCUT2D eigenvalue weighted by Crippen LogP contribution is -2.12. The van der Waals surface area contributed by atoms with E-state index in [2.05, 4.69) is 0 Å². The van der Waals surface area contributed by atoms with E-state index in [0.717, 1.165) is 48.9 Å². The third kappa shape index (κ3) is 4.91. The monoisotopic (exact) mass is 474 g/mol. The minimum atomic E-state index is -1.58.